The van der Waals surface area contributed by atoms with E-state index < -0.39 is 46.4 Å². The number of fused-ring (bicyclic) bond motifs is 3. The second-order valence-electron chi connectivity index (χ2n) is 15.2. The Morgan fingerprint density at radius 1 is 1.04 bits per heavy atom. The smallest absolute Gasteiger partial charge is 0.319 e. The van der Waals surface area contributed by atoms with Gasteiger partial charge in [0, 0.05) is 61.5 Å². The summed E-state index contributed by atoms with van der Waals surface area (Å²) in [4.78, 5) is 41.1. The van der Waals surface area contributed by atoms with Crippen LogP contribution in [0.15, 0.2) is 48.4 Å². The first kappa shape index (κ1) is 36.3. The van der Waals surface area contributed by atoms with Gasteiger partial charge in [0.05, 0.1) is 29.8 Å². The Morgan fingerprint density at radius 3 is 2.66 bits per heavy atom. The van der Waals surface area contributed by atoms with Crippen molar-refractivity contribution in [2.75, 3.05) is 57.4 Å². The van der Waals surface area contributed by atoms with Crippen molar-refractivity contribution in [2.45, 2.75) is 50.4 Å². The van der Waals surface area contributed by atoms with E-state index >= 15 is 13.2 Å². The van der Waals surface area contributed by atoms with Crippen LogP contribution in [-0.2, 0) is 9.53 Å². The Hall–Kier alpha value is -5.35. The molecule has 0 radical (unpaired) electrons. The highest BCUT2D eigenvalue weighted by Crippen LogP contribution is 2.42. The number of pyridine rings is 1. The molecule has 1 amide bonds. The summed E-state index contributed by atoms with van der Waals surface area (Å²) in [7, 11) is 0. The van der Waals surface area contributed by atoms with Crippen LogP contribution < -0.4 is 9.64 Å². The van der Waals surface area contributed by atoms with E-state index in [1.165, 1.54) is 23.2 Å². The summed E-state index contributed by atoms with van der Waals surface area (Å²) in [6, 6.07) is 8.48. The zero-order chi connectivity index (χ0) is 38.9. The number of hydrogen-bond donors (Lipinski definition) is 0. The van der Waals surface area contributed by atoms with Gasteiger partial charge in [-0.3, -0.25) is 14.7 Å². The molecule has 4 fully saturated rings. The van der Waals surface area contributed by atoms with Crippen molar-refractivity contribution in [3.63, 3.8) is 0 Å². The monoisotopic (exact) mass is 772 g/mol. The third-order valence-electron chi connectivity index (χ3n) is 11.5. The maximum atomic E-state index is 16.9. The summed E-state index contributed by atoms with van der Waals surface area (Å²) in [5.41, 5.74) is -1.00. The number of piperazine rings is 1. The highest BCUT2D eigenvalue weighted by Gasteiger charge is 2.52. The molecule has 11 nitrogen and oxygen atoms in total. The number of nitrogens with zero attached hydrogens (tertiary/aromatic N) is 8. The standard InChI is InChI=1S/C40H37F5N8O3/c1-22-13-26(48-23(2)47-22)14-30(43)37(54)53-12-11-51(18-40(53)19-55-20-40)36-28-16-46-34(27-6-3-5-24-7-8-29(42)32(44)31(24)27)33(45)35(28)49-38(50-36)56-21-39-9-4-10-52(39)17-25(41)15-39/h3,5-8,13-14,16,25H,4,9-12,15,17-21H2,1-2H3/b30-14-/t25-,39+/m1/s1. The maximum Gasteiger partial charge on any atom is 0.319 e. The predicted octanol–water partition coefficient (Wildman–Crippen LogP) is 6.05. The molecule has 16 heteroatoms. The lowest BCUT2D eigenvalue weighted by atomic mass is 9.91. The molecule has 56 heavy (non-hydrogen) atoms. The first-order valence-electron chi connectivity index (χ1n) is 18.5. The number of rotatable bonds is 7. The minimum absolute atomic E-state index is 0.0297. The number of ether oxygens (including phenoxy) is 2. The van der Waals surface area contributed by atoms with E-state index in [0.717, 1.165) is 31.5 Å². The van der Waals surface area contributed by atoms with Gasteiger partial charge in [0.2, 0.25) is 0 Å². The molecule has 0 aliphatic carbocycles. The summed E-state index contributed by atoms with van der Waals surface area (Å²) in [6.07, 6.45) is 3.36. The minimum Gasteiger partial charge on any atom is -0.461 e. The Labute approximate surface area is 318 Å². The topological polar surface area (TPSA) is 110 Å². The lowest BCUT2D eigenvalue weighted by Crippen LogP contribution is -2.73. The molecule has 2 aromatic carbocycles. The number of carbonyl (C=O) groups excluding carboxylic acids is 1. The van der Waals surface area contributed by atoms with E-state index in [2.05, 4.69) is 24.8 Å². The molecule has 4 aliphatic heterocycles. The van der Waals surface area contributed by atoms with Gasteiger partial charge in [0.25, 0.3) is 5.91 Å². The van der Waals surface area contributed by atoms with E-state index in [-0.39, 0.29) is 84.5 Å². The Balaban J connectivity index is 1.10. The number of halogens is 5. The molecule has 4 aliphatic rings. The van der Waals surface area contributed by atoms with Crippen molar-refractivity contribution >= 4 is 39.5 Å². The summed E-state index contributed by atoms with van der Waals surface area (Å²) in [5.74, 6) is -4.25. The van der Waals surface area contributed by atoms with Crippen LogP contribution in [0.5, 0.6) is 6.01 Å². The third-order valence-corrected chi connectivity index (χ3v) is 11.5. The van der Waals surface area contributed by atoms with Gasteiger partial charge in [-0.1, -0.05) is 24.3 Å². The van der Waals surface area contributed by atoms with Crippen molar-refractivity contribution in [3.05, 3.63) is 83.1 Å². The number of hydrogen-bond acceptors (Lipinski definition) is 10. The van der Waals surface area contributed by atoms with Crippen LogP contribution in [0.4, 0.5) is 27.8 Å². The average molecular weight is 773 g/mol. The summed E-state index contributed by atoms with van der Waals surface area (Å²) in [5, 5.41) is 0.421. The minimum atomic E-state index is -1.14. The number of benzene rings is 2. The van der Waals surface area contributed by atoms with E-state index in [1.54, 1.807) is 32.0 Å². The number of amides is 1. The Kier molecular flexibility index (Phi) is 8.87. The van der Waals surface area contributed by atoms with Crippen molar-refractivity contribution in [1.29, 1.82) is 0 Å². The number of alkyl halides is 1. The number of aryl methyl sites for hydroxylation is 2. The SMILES string of the molecule is Cc1cc(/C=C(\F)C(=O)N2CCN(c3nc(OC[C@@]45CCCN4C[C@H](F)C5)nc4c(F)c(-c5cccc6ccc(F)c(F)c56)ncc34)CC23COC3)nc(C)n1. The molecule has 0 bridgehead atoms. The molecular weight excluding hydrogens is 735 g/mol. The molecular formula is C40H37F5N8O3. The molecule has 7 heterocycles. The highest BCUT2D eigenvalue weighted by molar-refractivity contribution is 6.00. The van der Waals surface area contributed by atoms with Gasteiger partial charge >= 0.3 is 6.01 Å². The summed E-state index contributed by atoms with van der Waals surface area (Å²) >= 11 is 0. The van der Waals surface area contributed by atoms with Gasteiger partial charge in [0.15, 0.2) is 23.3 Å². The zero-order valence-electron chi connectivity index (χ0n) is 30.7. The van der Waals surface area contributed by atoms with Crippen molar-refractivity contribution in [2.24, 2.45) is 0 Å². The number of carbonyl (C=O) groups is 1. The first-order chi connectivity index (χ1) is 26.9. The lowest BCUT2D eigenvalue weighted by molar-refractivity contribution is -0.167. The van der Waals surface area contributed by atoms with Gasteiger partial charge in [0.1, 0.15) is 41.2 Å². The predicted molar refractivity (Wildman–Crippen MR) is 197 cm³/mol. The summed E-state index contributed by atoms with van der Waals surface area (Å²) in [6.45, 7) is 5.15. The normalized spacial score (nSPS) is 22.3. The number of anilines is 1. The van der Waals surface area contributed by atoms with E-state index in [0.29, 0.717) is 29.9 Å². The maximum absolute atomic E-state index is 16.9. The fourth-order valence-electron chi connectivity index (χ4n) is 8.87. The van der Waals surface area contributed by atoms with E-state index in [9.17, 15) is 13.6 Å². The average Bonchev–Trinajstić information content (AvgIpc) is 3.69. The first-order valence-corrected chi connectivity index (χ1v) is 18.5. The molecule has 0 N–H and O–H groups in total. The van der Waals surface area contributed by atoms with Crippen LogP contribution in [0.1, 0.15) is 36.5 Å². The van der Waals surface area contributed by atoms with Gasteiger partial charge in [-0.05, 0) is 50.8 Å². The Bertz CT molecular complexity index is 2430. The molecule has 3 aromatic heterocycles. The van der Waals surface area contributed by atoms with Crippen LogP contribution in [0, 0.1) is 31.3 Å². The highest BCUT2D eigenvalue weighted by atomic mass is 19.2. The Morgan fingerprint density at radius 2 is 1.88 bits per heavy atom. The molecule has 290 valence electrons. The fourth-order valence-corrected chi connectivity index (χ4v) is 8.87. The largest absolute Gasteiger partial charge is 0.461 e. The molecule has 0 unspecified atom stereocenters. The van der Waals surface area contributed by atoms with E-state index in [1.807, 2.05) is 4.90 Å². The van der Waals surface area contributed by atoms with Crippen LogP contribution in [0.2, 0.25) is 0 Å². The van der Waals surface area contributed by atoms with Crippen LogP contribution in [0.25, 0.3) is 39.0 Å². The molecule has 0 saturated carbocycles. The third kappa shape index (κ3) is 6.09. The second kappa shape index (κ2) is 13.7. The van der Waals surface area contributed by atoms with Crippen molar-refractivity contribution in [1.82, 2.24) is 34.7 Å². The van der Waals surface area contributed by atoms with Crippen molar-refractivity contribution in [3.8, 4) is 17.3 Å². The quantitative estimate of drug-likeness (QED) is 0.143. The van der Waals surface area contributed by atoms with Gasteiger partial charge in [-0.2, -0.15) is 9.97 Å². The van der Waals surface area contributed by atoms with Gasteiger partial charge in [-0.15, -0.1) is 0 Å². The lowest BCUT2D eigenvalue weighted by Gasteiger charge is -2.55. The molecule has 1 spiro atoms. The zero-order valence-corrected chi connectivity index (χ0v) is 30.7. The molecule has 9 rings (SSSR count). The molecule has 5 aromatic rings. The fraction of sp³-hybridized carbons (Fsp3) is 0.400. The molecule has 2 atom stereocenters. The second-order valence-corrected chi connectivity index (χ2v) is 15.2. The van der Waals surface area contributed by atoms with Crippen molar-refractivity contribution < 1.29 is 36.2 Å². The van der Waals surface area contributed by atoms with Crippen LogP contribution in [-0.4, -0.2) is 110 Å². The molecule has 4 saturated heterocycles. The van der Waals surface area contributed by atoms with E-state index in [4.69, 9.17) is 14.5 Å². The van der Waals surface area contributed by atoms with Crippen LogP contribution >= 0.6 is 0 Å². The van der Waals surface area contributed by atoms with Gasteiger partial charge in [-0.25, -0.2) is 31.9 Å². The van der Waals surface area contributed by atoms with Crippen LogP contribution in [0.3, 0.4) is 0 Å². The summed E-state index contributed by atoms with van der Waals surface area (Å²) < 4.78 is 88.7. The van der Waals surface area contributed by atoms with Gasteiger partial charge < -0.3 is 19.3 Å². The number of aromatic nitrogens is 5.